The Kier molecular flexibility index (Phi) is 8.60. The monoisotopic (exact) mass is 267 g/mol. The van der Waals surface area contributed by atoms with E-state index in [0.717, 1.165) is 6.07 Å². The fourth-order valence-corrected chi connectivity index (χ4v) is 1.03. The average molecular weight is 267 g/mol. The van der Waals surface area contributed by atoms with Crippen LogP contribution in [0.2, 0.25) is 0 Å². The fraction of sp³-hybridized carbons (Fsp3) is 0.143. The summed E-state index contributed by atoms with van der Waals surface area (Å²) in [5, 5.41) is 35.6. The first-order chi connectivity index (χ1) is 7.77. The molecular formula is C7H6N3NaO7. The molecule has 0 radical (unpaired) electrons. The minimum absolute atomic E-state index is 0. The third-order valence-electron chi connectivity index (χ3n) is 1.60. The molecule has 0 heterocycles. The number of benzene rings is 1. The van der Waals surface area contributed by atoms with Crippen LogP contribution in [0.3, 0.4) is 0 Å². The van der Waals surface area contributed by atoms with Crippen LogP contribution in [0.4, 0.5) is 11.4 Å². The first-order valence-electron chi connectivity index (χ1n) is 3.97. The normalized spacial score (nSPS) is 8.28. The third-order valence-corrected chi connectivity index (χ3v) is 1.60. The molecule has 0 atom stereocenters. The second-order valence-corrected chi connectivity index (χ2v) is 2.68. The molecular weight excluding hydrogens is 261 g/mol. The molecule has 1 aromatic carbocycles. The molecule has 10 nitrogen and oxygen atoms in total. The van der Waals surface area contributed by atoms with Gasteiger partial charge in [0.15, 0.2) is 0 Å². The van der Waals surface area contributed by atoms with Crippen LogP contribution in [-0.2, 0) is 0 Å². The first kappa shape index (κ1) is 18.6. The maximum absolute atomic E-state index is 10.4. The predicted octanol–water partition coefficient (Wildman–Crippen LogP) is -1.42. The molecule has 18 heavy (non-hydrogen) atoms. The van der Waals surface area contributed by atoms with Gasteiger partial charge in [-0.2, -0.15) is 0 Å². The van der Waals surface area contributed by atoms with Gasteiger partial charge in [-0.1, -0.05) is 12.1 Å². The summed E-state index contributed by atoms with van der Waals surface area (Å²) in [4.78, 5) is 27.6. The third kappa shape index (κ3) is 6.08. The average Bonchev–Trinajstić information content (AvgIpc) is 2.15. The standard InChI is InChI=1S/C7H6N2O4.NO3.Na/c1-5-3-2-4-6(8(10)11)7(5)9(12)13;2-1(3)4;/h2-4H,1H3;;/q;-1;+1. The molecule has 0 N–H and O–H groups in total. The Balaban J connectivity index is 0. The van der Waals surface area contributed by atoms with Gasteiger partial charge >= 0.3 is 40.9 Å². The van der Waals surface area contributed by atoms with Crippen molar-refractivity contribution in [3.63, 3.8) is 0 Å². The van der Waals surface area contributed by atoms with E-state index in [-0.39, 0.29) is 29.6 Å². The summed E-state index contributed by atoms with van der Waals surface area (Å²) in [7, 11) is 0. The van der Waals surface area contributed by atoms with Crippen LogP contribution in [0.15, 0.2) is 18.2 Å². The zero-order chi connectivity index (χ0) is 13.6. The molecule has 0 aliphatic carbocycles. The maximum atomic E-state index is 10.4. The number of nitrogens with zero attached hydrogens (tertiary/aromatic N) is 3. The van der Waals surface area contributed by atoms with Gasteiger partial charge in [0.1, 0.15) is 0 Å². The molecule has 0 bridgehead atoms. The Hall–Kier alpha value is -1.78. The molecule has 0 unspecified atom stereocenters. The molecule has 0 fully saturated rings. The van der Waals surface area contributed by atoms with Crippen molar-refractivity contribution in [2.75, 3.05) is 0 Å². The van der Waals surface area contributed by atoms with E-state index >= 15 is 0 Å². The summed E-state index contributed by atoms with van der Waals surface area (Å²) in [6, 6.07) is 4.00. The molecule has 0 amide bonds. The first-order valence-corrected chi connectivity index (χ1v) is 3.97. The van der Waals surface area contributed by atoms with Gasteiger partial charge in [-0.25, -0.2) is 0 Å². The van der Waals surface area contributed by atoms with E-state index in [9.17, 15) is 20.2 Å². The van der Waals surface area contributed by atoms with E-state index in [0.29, 0.717) is 5.56 Å². The number of hydrogen-bond acceptors (Lipinski definition) is 7. The minimum atomic E-state index is -1.75. The Bertz CT molecular complexity index is 460. The molecule has 0 aliphatic heterocycles. The molecule has 0 saturated carbocycles. The van der Waals surface area contributed by atoms with Crippen LogP contribution in [0.1, 0.15) is 5.56 Å². The zero-order valence-electron chi connectivity index (χ0n) is 9.43. The number of hydrogen-bond donors (Lipinski definition) is 0. The predicted molar refractivity (Wildman–Crippen MR) is 54.8 cm³/mol. The van der Waals surface area contributed by atoms with E-state index in [1.807, 2.05) is 0 Å². The molecule has 11 heteroatoms. The molecule has 1 aromatic rings. The summed E-state index contributed by atoms with van der Waals surface area (Å²) < 4.78 is 0. The second-order valence-electron chi connectivity index (χ2n) is 2.68. The van der Waals surface area contributed by atoms with Crippen molar-refractivity contribution >= 4 is 11.4 Å². The van der Waals surface area contributed by atoms with Crippen molar-refractivity contribution in [1.82, 2.24) is 0 Å². The van der Waals surface area contributed by atoms with Crippen molar-refractivity contribution in [2.45, 2.75) is 6.92 Å². The zero-order valence-corrected chi connectivity index (χ0v) is 11.4. The SMILES string of the molecule is Cc1cccc([N+](=O)[O-])c1[N+](=O)[O-].O=[N+]([O-])[O-].[Na+]. The second kappa shape index (κ2) is 8.33. The summed E-state index contributed by atoms with van der Waals surface area (Å²) in [5.41, 5.74) is -0.614. The number of rotatable bonds is 2. The van der Waals surface area contributed by atoms with Gasteiger partial charge in [0.05, 0.1) is 14.9 Å². The van der Waals surface area contributed by atoms with E-state index in [1.165, 1.54) is 19.1 Å². The molecule has 92 valence electrons. The van der Waals surface area contributed by atoms with Gasteiger partial charge in [-0.05, 0) is 6.92 Å². The quantitative estimate of drug-likeness (QED) is 0.361. The largest absolute Gasteiger partial charge is 1.00 e. The summed E-state index contributed by atoms with van der Waals surface area (Å²) in [5.74, 6) is 0. The topological polar surface area (TPSA) is 152 Å². The van der Waals surface area contributed by atoms with Gasteiger partial charge in [-0.15, -0.1) is 0 Å². The Morgan fingerprint density at radius 3 is 1.67 bits per heavy atom. The van der Waals surface area contributed by atoms with Crippen LogP contribution >= 0.6 is 0 Å². The van der Waals surface area contributed by atoms with E-state index < -0.39 is 26.3 Å². The molecule has 1 rings (SSSR count). The molecule has 0 aromatic heterocycles. The van der Waals surface area contributed by atoms with Crippen molar-refractivity contribution in [2.24, 2.45) is 0 Å². The van der Waals surface area contributed by atoms with Gasteiger partial charge in [0.2, 0.25) is 0 Å². The van der Waals surface area contributed by atoms with Crippen LogP contribution in [0.5, 0.6) is 0 Å². The van der Waals surface area contributed by atoms with Gasteiger partial charge in [0, 0.05) is 11.6 Å². The number of aryl methyl sites for hydroxylation is 1. The Morgan fingerprint density at radius 1 is 0.944 bits per heavy atom. The Morgan fingerprint density at radius 2 is 1.39 bits per heavy atom. The van der Waals surface area contributed by atoms with Gasteiger partial charge in [0.25, 0.3) is 0 Å². The number of para-hydroxylation sites is 1. The summed E-state index contributed by atoms with van der Waals surface area (Å²) in [6.07, 6.45) is 0. The molecule has 0 aliphatic rings. The summed E-state index contributed by atoms with van der Waals surface area (Å²) in [6.45, 7) is 1.46. The molecule has 0 saturated heterocycles. The van der Waals surface area contributed by atoms with Crippen LogP contribution < -0.4 is 29.6 Å². The van der Waals surface area contributed by atoms with Crippen molar-refractivity contribution in [3.8, 4) is 0 Å². The van der Waals surface area contributed by atoms with Gasteiger partial charge < -0.3 is 15.3 Å². The minimum Gasteiger partial charge on any atom is -0.356 e. The molecule has 0 spiro atoms. The van der Waals surface area contributed by atoms with E-state index in [2.05, 4.69) is 0 Å². The fourth-order valence-electron chi connectivity index (χ4n) is 1.03. The number of nitro benzene ring substituents is 2. The van der Waals surface area contributed by atoms with Crippen molar-refractivity contribution < 1.29 is 44.5 Å². The van der Waals surface area contributed by atoms with Crippen LogP contribution in [0, 0.1) is 42.5 Å². The number of nitro groups is 2. The van der Waals surface area contributed by atoms with Crippen molar-refractivity contribution in [1.29, 1.82) is 0 Å². The smallest absolute Gasteiger partial charge is 0.356 e. The maximum Gasteiger partial charge on any atom is 1.00 e. The van der Waals surface area contributed by atoms with Crippen LogP contribution in [0.25, 0.3) is 0 Å². The van der Waals surface area contributed by atoms with E-state index in [1.54, 1.807) is 0 Å². The van der Waals surface area contributed by atoms with E-state index in [4.69, 9.17) is 15.3 Å². The summed E-state index contributed by atoms with van der Waals surface area (Å²) >= 11 is 0. The Labute approximate surface area is 122 Å². The van der Waals surface area contributed by atoms with Gasteiger partial charge in [-0.3, -0.25) is 20.2 Å². The van der Waals surface area contributed by atoms with Crippen LogP contribution in [-0.4, -0.2) is 14.9 Å². The van der Waals surface area contributed by atoms with Crippen molar-refractivity contribution in [3.05, 3.63) is 59.3 Å².